The zero-order valence-electron chi connectivity index (χ0n) is 9.68. The highest BCUT2D eigenvalue weighted by atomic mass is 79.9. The highest BCUT2D eigenvalue weighted by Crippen LogP contribution is 2.28. The number of carbonyl (C=O) groups is 1. The Hall–Kier alpha value is -0.490. The maximum absolute atomic E-state index is 12.2. The third-order valence-electron chi connectivity index (χ3n) is 2.53. The van der Waals surface area contributed by atoms with Gasteiger partial charge in [0.15, 0.2) is 0 Å². The molecular weight excluding hydrogens is 419 g/mol. The van der Waals surface area contributed by atoms with Gasteiger partial charge in [0, 0.05) is 16.0 Å². The van der Waals surface area contributed by atoms with Gasteiger partial charge in [0.05, 0.1) is 10.7 Å². The van der Waals surface area contributed by atoms with Gasteiger partial charge < -0.3 is 9.88 Å². The number of nitrogens with one attached hydrogen (secondary N) is 1. The van der Waals surface area contributed by atoms with Crippen LogP contribution in [0.4, 0.5) is 5.69 Å². The molecular formula is C12H8Br2Cl2N2O. The van der Waals surface area contributed by atoms with E-state index in [0.29, 0.717) is 21.6 Å². The molecule has 0 radical (unpaired) electrons. The Morgan fingerprint density at radius 1 is 1.26 bits per heavy atom. The van der Waals surface area contributed by atoms with Crippen LogP contribution in [0, 0.1) is 0 Å². The fraction of sp³-hybridized carbons (Fsp3) is 0.0833. The number of hydrogen-bond donors (Lipinski definition) is 1. The van der Waals surface area contributed by atoms with Crippen LogP contribution >= 0.6 is 55.1 Å². The first-order chi connectivity index (χ1) is 8.90. The van der Waals surface area contributed by atoms with Gasteiger partial charge >= 0.3 is 0 Å². The van der Waals surface area contributed by atoms with Crippen LogP contribution < -0.4 is 5.32 Å². The van der Waals surface area contributed by atoms with Gasteiger partial charge in [-0.25, -0.2) is 0 Å². The molecule has 0 saturated carbocycles. The van der Waals surface area contributed by atoms with Crippen LogP contribution in [0.3, 0.4) is 0 Å². The average molecular weight is 427 g/mol. The molecule has 2 rings (SSSR count). The van der Waals surface area contributed by atoms with Gasteiger partial charge in [-0.05, 0) is 40.2 Å². The smallest absolute Gasteiger partial charge is 0.272 e. The minimum Gasteiger partial charge on any atom is -0.329 e. The summed E-state index contributed by atoms with van der Waals surface area (Å²) in [6.07, 6.45) is 0. The lowest BCUT2D eigenvalue weighted by Gasteiger charge is -2.08. The molecule has 19 heavy (non-hydrogen) atoms. The molecule has 2 aromatic rings. The summed E-state index contributed by atoms with van der Waals surface area (Å²) in [6, 6.07) is 7.04. The van der Waals surface area contributed by atoms with Crippen molar-refractivity contribution >= 4 is 66.7 Å². The first-order valence-electron chi connectivity index (χ1n) is 5.17. The van der Waals surface area contributed by atoms with Crippen molar-refractivity contribution in [3.63, 3.8) is 0 Å². The Balaban J connectivity index is 2.30. The van der Waals surface area contributed by atoms with Crippen molar-refractivity contribution in [2.75, 3.05) is 5.32 Å². The maximum atomic E-state index is 12.2. The Morgan fingerprint density at radius 3 is 2.53 bits per heavy atom. The van der Waals surface area contributed by atoms with Gasteiger partial charge in [-0.3, -0.25) is 4.79 Å². The molecule has 0 aliphatic heterocycles. The van der Waals surface area contributed by atoms with E-state index in [4.69, 9.17) is 23.2 Å². The van der Waals surface area contributed by atoms with E-state index in [1.165, 1.54) is 10.6 Å². The van der Waals surface area contributed by atoms with Crippen LogP contribution in [0.5, 0.6) is 0 Å². The third-order valence-corrected chi connectivity index (χ3v) is 4.55. The molecule has 100 valence electrons. The molecule has 1 aromatic heterocycles. The van der Waals surface area contributed by atoms with E-state index in [2.05, 4.69) is 37.2 Å². The van der Waals surface area contributed by atoms with Gasteiger partial charge in [-0.2, -0.15) is 0 Å². The average Bonchev–Trinajstić information content (AvgIpc) is 2.62. The zero-order chi connectivity index (χ0) is 14.2. The summed E-state index contributed by atoms with van der Waals surface area (Å²) < 4.78 is 3.19. The molecule has 1 amide bonds. The molecule has 0 saturated heterocycles. The molecule has 0 spiro atoms. The highest BCUT2D eigenvalue weighted by molar-refractivity contribution is 9.11. The van der Waals surface area contributed by atoms with Crippen molar-refractivity contribution in [2.24, 2.45) is 7.05 Å². The number of anilines is 1. The van der Waals surface area contributed by atoms with Crippen LogP contribution in [0.25, 0.3) is 0 Å². The maximum Gasteiger partial charge on any atom is 0.272 e. The fourth-order valence-corrected chi connectivity index (χ4v) is 2.62. The van der Waals surface area contributed by atoms with Crippen LogP contribution in [-0.2, 0) is 7.05 Å². The number of carbonyl (C=O) groups excluding carboxylic acids is 1. The van der Waals surface area contributed by atoms with Crippen LogP contribution in [0.1, 0.15) is 10.5 Å². The van der Waals surface area contributed by atoms with E-state index in [9.17, 15) is 4.79 Å². The molecule has 1 N–H and O–H groups in total. The van der Waals surface area contributed by atoms with Gasteiger partial charge in [0.25, 0.3) is 5.91 Å². The van der Waals surface area contributed by atoms with Crippen molar-refractivity contribution in [2.45, 2.75) is 0 Å². The van der Waals surface area contributed by atoms with Crippen LogP contribution in [0.2, 0.25) is 10.2 Å². The van der Waals surface area contributed by atoms with Gasteiger partial charge in [0.1, 0.15) is 10.8 Å². The number of amides is 1. The third kappa shape index (κ3) is 3.16. The van der Waals surface area contributed by atoms with Gasteiger partial charge in [0.2, 0.25) is 0 Å². The summed E-state index contributed by atoms with van der Waals surface area (Å²) in [7, 11) is 1.68. The number of nitrogens with zero attached hydrogens (tertiary/aromatic N) is 1. The monoisotopic (exact) mass is 424 g/mol. The number of rotatable bonds is 2. The van der Waals surface area contributed by atoms with Crippen molar-refractivity contribution in [3.05, 3.63) is 49.1 Å². The van der Waals surface area contributed by atoms with Crippen molar-refractivity contribution in [1.82, 2.24) is 4.57 Å². The normalized spacial score (nSPS) is 10.6. The van der Waals surface area contributed by atoms with E-state index in [-0.39, 0.29) is 5.91 Å². The Bertz CT molecular complexity index is 655. The van der Waals surface area contributed by atoms with Crippen molar-refractivity contribution in [3.8, 4) is 0 Å². The molecule has 0 atom stereocenters. The summed E-state index contributed by atoms with van der Waals surface area (Å²) in [5.41, 5.74) is 1.05. The van der Waals surface area contributed by atoms with Crippen molar-refractivity contribution in [1.29, 1.82) is 0 Å². The number of aromatic nitrogens is 1. The van der Waals surface area contributed by atoms with E-state index >= 15 is 0 Å². The SMILES string of the molecule is Cn1c(C(=O)Nc2cc(Br)ccc2Br)cc(Cl)c1Cl. The van der Waals surface area contributed by atoms with E-state index < -0.39 is 0 Å². The quantitative estimate of drug-likeness (QED) is 0.711. The summed E-state index contributed by atoms with van der Waals surface area (Å²) in [5.74, 6) is -0.282. The van der Waals surface area contributed by atoms with Crippen molar-refractivity contribution < 1.29 is 4.79 Å². The molecule has 3 nitrogen and oxygen atoms in total. The summed E-state index contributed by atoms with van der Waals surface area (Å²) in [6.45, 7) is 0. The summed E-state index contributed by atoms with van der Waals surface area (Å²) in [5, 5.41) is 3.48. The van der Waals surface area contributed by atoms with Crippen LogP contribution in [0.15, 0.2) is 33.2 Å². The molecule has 7 heteroatoms. The number of benzene rings is 1. The largest absolute Gasteiger partial charge is 0.329 e. The summed E-state index contributed by atoms with van der Waals surface area (Å²) >= 11 is 18.6. The minimum absolute atomic E-state index is 0.282. The minimum atomic E-state index is -0.282. The molecule has 1 heterocycles. The number of halogens is 4. The summed E-state index contributed by atoms with van der Waals surface area (Å²) in [4.78, 5) is 12.2. The Kier molecular flexibility index (Phi) is 4.61. The number of hydrogen-bond acceptors (Lipinski definition) is 1. The molecule has 1 aromatic carbocycles. The molecule has 0 aliphatic rings. The van der Waals surface area contributed by atoms with E-state index in [1.54, 1.807) is 13.1 Å². The second-order valence-corrected chi connectivity index (χ2v) is 6.34. The predicted molar refractivity (Wildman–Crippen MR) is 85.2 cm³/mol. The molecule has 0 aliphatic carbocycles. The highest BCUT2D eigenvalue weighted by Gasteiger charge is 2.16. The molecule has 0 fully saturated rings. The van der Waals surface area contributed by atoms with Crippen LogP contribution in [-0.4, -0.2) is 10.5 Å². The second kappa shape index (κ2) is 5.87. The zero-order valence-corrected chi connectivity index (χ0v) is 14.4. The van der Waals surface area contributed by atoms with Gasteiger partial charge in [-0.15, -0.1) is 0 Å². The molecule has 0 unspecified atom stereocenters. The first kappa shape index (κ1) is 14.9. The fourth-order valence-electron chi connectivity index (χ4n) is 1.54. The lowest BCUT2D eigenvalue weighted by atomic mass is 10.3. The predicted octanol–water partition coefficient (Wildman–Crippen LogP) is 5.11. The topological polar surface area (TPSA) is 34.0 Å². The van der Waals surface area contributed by atoms with E-state index in [0.717, 1.165) is 8.95 Å². The second-order valence-electron chi connectivity index (χ2n) is 3.81. The standard InChI is InChI=1S/C12H8Br2Cl2N2O/c1-18-10(5-8(15)11(18)16)12(19)17-9-4-6(13)2-3-7(9)14/h2-5H,1H3,(H,17,19). The molecule has 0 bridgehead atoms. The van der Waals surface area contributed by atoms with E-state index in [1.807, 2.05) is 12.1 Å². The lowest BCUT2D eigenvalue weighted by molar-refractivity contribution is 0.101. The lowest BCUT2D eigenvalue weighted by Crippen LogP contribution is -2.15. The Labute approximate surface area is 137 Å². The first-order valence-corrected chi connectivity index (χ1v) is 7.51. The Morgan fingerprint density at radius 2 is 1.95 bits per heavy atom. The van der Waals surface area contributed by atoms with Gasteiger partial charge in [-0.1, -0.05) is 39.1 Å².